The Hall–Kier alpha value is -1.22. The van der Waals surface area contributed by atoms with Crippen LogP contribution in [0.25, 0.3) is 0 Å². The number of ether oxygens (including phenoxy) is 1. The second-order valence-electron chi connectivity index (χ2n) is 4.73. The molecule has 1 aliphatic heterocycles. The summed E-state index contributed by atoms with van der Waals surface area (Å²) in [7, 11) is 0. The molecule has 4 heteroatoms. The molecule has 2 rings (SSSR count). The van der Waals surface area contributed by atoms with Crippen molar-refractivity contribution in [3.05, 3.63) is 29.3 Å². The fourth-order valence-corrected chi connectivity index (χ4v) is 2.10. The molecule has 0 aliphatic carbocycles. The van der Waals surface area contributed by atoms with E-state index in [1.165, 1.54) is 5.56 Å². The minimum absolute atomic E-state index is 0.0164. The average Bonchev–Trinajstić information content (AvgIpc) is 2.75. The molecule has 1 N–H and O–H groups in total. The first kappa shape index (κ1) is 12.2. The molecule has 1 heterocycles. The van der Waals surface area contributed by atoms with Gasteiger partial charge >= 0.3 is 0 Å². The second kappa shape index (κ2) is 4.57. The van der Waals surface area contributed by atoms with Crippen LogP contribution >= 0.6 is 11.6 Å². The Kier molecular flexibility index (Phi) is 3.29. The largest absolute Gasteiger partial charge is 0.493 e. The van der Waals surface area contributed by atoms with Crippen molar-refractivity contribution in [1.29, 1.82) is 0 Å². The minimum Gasteiger partial charge on any atom is -0.493 e. The third kappa shape index (κ3) is 2.55. The van der Waals surface area contributed by atoms with Gasteiger partial charge in [0.2, 0.25) is 5.91 Å². The molecule has 0 fully saturated rings. The highest BCUT2D eigenvalue weighted by atomic mass is 35.5. The van der Waals surface area contributed by atoms with Crippen LogP contribution in [0.1, 0.15) is 25.0 Å². The molecule has 92 valence electrons. The molecule has 0 atom stereocenters. The van der Waals surface area contributed by atoms with E-state index in [4.69, 9.17) is 16.3 Å². The molecule has 1 aliphatic rings. The zero-order chi connectivity index (χ0) is 12.5. The maximum Gasteiger partial charge on any atom is 0.235 e. The first-order valence-corrected chi connectivity index (χ1v) is 6.19. The molecule has 0 radical (unpaired) electrons. The number of alkyl halides is 1. The number of carbonyl (C=O) groups excluding carboxylic acids is 1. The van der Waals surface area contributed by atoms with E-state index < -0.39 is 5.54 Å². The summed E-state index contributed by atoms with van der Waals surface area (Å²) in [5.74, 6) is 0.777. The molecule has 0 bridgehead atoms. The van der Waals surface area contributed by atoms with Crippen LogP contribution < -0.4 is 10.1 Å². The molecule has 3 nitrogen and oxygen atoms in total. The Morgan fingerprint density at radius 2 is 2.29 bits per heavy atom. The van der Waals surface area contributed by atoms with Gasteiger partial charge in [-0.15, -0.1) is 11.6 Å². The van der Waals surface area contributed by atoms with E-state index in [-0.39, 0.29) is 11.8 Å². The molecule has 1 aromatic rings. The van der Waals surface area contributed by atoms with E-state index in [9.17, 15) is 4.79 Å². The van der Waals surface area contributed by atoms with E-state index in [1.54, 1.807) is 0 Å². The predicted octanol–water partition coefficient (Wildman–Crippen LogP) is 2.21. The Bertz CT molecular complexity index is 443. The van der Waals surface area contributed by atoms with Gasteiger partial charge in [-0.3, -0.25) is 4.79 Å². The smallest absolute Gasteiger partial charge is 0.235 e. The number of halogens is 1. The van der Waals surface area contributed by atoms with Crippen LogP contribution in [0.5, 0.6) is 5.75 Å². The van der Waals surface area contributed by atoms with Crippen molar-refractivity contribution in [2.75, 3.05) is 12.5 Å². The maximum absolute atomic E-state index is 11.4. The lowest BCUT2D eigenvalue weighted by Crippen LogP contribution is -2.41. The van der Waals surface area contributed by atoms with Crippen LogP contribution in [0, 0.1) is 0 Å². The maximum atomic E-state index is 11.4. The summed E-state index contributed by atoms with van der Waals surface area (Å²) in [5, 5.41) is 2.90. The van der Waals surface area contributed by atoms with Crippen molar-refractivity contribution in [2.24, 2.45) is 0 Å². The van der Waals surface area contributed by atoms with Gasteiger partial charge in [0.1, 0.15) is 11.6 Å². The zero-order valence-corrected chi connectivity index (χ0v) is 10.8. The lowest BCUT2D eigenvalue weighted by molar-refractivity contribution is -0.120. The van der Waals surface area contributed by atoms with Crippen LogP contribution in [0.3, 0.4) is 0 Å². The molecule has 0 saturated carbocycles. The van der Waals surface area contributed by atoms with E-state index in [1.807, 2.05) is 26.0 Å². The standard InChI is InChI=1S/C13H16ClNO2/c1-13(2,15-12(16)8-14)10-3-4-11-9(7-10)5-6-17-11/h3-4,7H,5-6,8H2,1-2H3,(H,15,16). The summed E-state index contributed by atoms with van der Waals surface area (Å²) in [6.07, 6.45) is 0.933. The quantitative estimate of drug-likeness (QED) is 0.839. The van der Waals surface area contributed by atoms with E-state index in [2.05, 4.69) is 11.4 Å². The van der Waals surface area contributed by atoms with E-state index in [0.717, 1.165) is 24.3 Å². The molecule has 17 heavy (non-hydrogen) atoms. The average molecular weight is 254 g/mol. The SMILES string of the molecule is CC(C)(NC(=O)CCl)c1ccc2c(c1)CCO2. The third-order valence-electron chi connectivity index (χ3n) is 2.98. The second-order valence-corrected chi connectivity index (χ2v) is 5.00. The summed E-state index contributed by atoms with van der Waals surface area (Å²) >= 11 is 5.51. The molecule has 0 saturated heterocycles. The van der Waals surface area contributed by atoms with Crippen molar-refractivity contribution in [1.82, 2.24) is 5.32 Å². The van der Waals surface area contributed by atoms with Gasteiger partial charge in [-0.25, -0.2) is 0 Å². The van der Waals surface area contributed by atoms with Crippen molar-refractivity contribution >= 4 is 17.5 Å². The minimum atomic E-state index is -0.413. The van der Waals surface area contributed by atoms with Gasteiger partial charge < -0.3 is 10.1 Å². The van der Waals surface area contributed by atoms with Crippen molar-refractivity contribution in [2.45, 2.75) is 25.8 Å². The molecule has 0 aromatic heterocycles. The van der Waals surface area contributed by atoms with Gasteiger partial charge in [0.05, 0.1) is 12.1 Å². The van der Waals surface area contributed by atoms with Gasteiger partial charge in [-0.1, -0.05) is 6.07 Å². The van der Waals surface area contributed by atoms with Crippen LogP contribution in [-0.4, -0.2) is 18.4 Å². The van der Waals surface area contributed by atoms with Crippen LogP contribution in [0.4, 0.5) is 0 Å². The predicted molar refractivity (Wildman–Crippen MR) is 67.5 cm³/mol. The molecular weight excluding hydrogens is 238 g/mol. The van der Waals surface area contributed by atoms with Gasteiger partial charge in [0, 0.05) is 6.42 Å². The summed E-state index contributed by atoms with van der Waals surface area (Å²) in [4.78, 5) is 11.4. The zero-order valence-electron chi connectivity index (χ0n) is 10.0. The Morgan fingerprint density at radius 1 is 1.53 bits per heavy atom. The number of hydrogen-bond donors (Lipinski definition) is 1. The van der Waals surface area contributed by atoms with Gasteiger partial charge in [-0.2, -0.15) is 0 Å². The fourth-order valence-electron chi connectivity index (χ4n) is 2.03. The van der Waals surface area contributed by atoms with Crippen molar-refractivity contribution in [3.63, 3.8) is 0 Å². The van der Waals surface area contributed by atoms with Crippen LogP contribution in [-0.2, 0) is 16.8 Å². The number of fused-ring (bicyclic) bond motifs is 1. The highest BCUT2D eigenvalue weighted by Gasteiger charge is 2.24. The van der Waals surface area contributed by atoms with E-state index in [0.29, 0.717) is 0 Å². The molecular formula is C13H16ClNO2. The van der Waals surface area contributed by atoms with Gasteiger partial charge in [0.15, 0.2) is 0 Å². The van der Waals surface area contributed by atoms with Crippen molar-refractivity contribution in [3.8, 4) is 5.75 Å². The summed E-state index contributed by atoms with van der Waals surface area (Å²) in [5.41, 5.74) is 1.86. The number of hydrogen-bond acceptors (Lipinski definition) is 2. The normalized spacial score (nSPS) is 14.1. The first-order valence-electron chi connectivity index (χ1n) is 5.66. The lowest BCUT2D eigenvalue weighted by Gasteiger charge is -2.27. The Morgan fingerprint density at radius 3 is 3.00 bits per heavy atom. The monoisotopic (exact) mass is 253 g/mol. The van der Waals surface area contributed by atoms with Crippen molar-refractivity contribution < 1.29 is 9.53 Å². The fraction of sp³-hybridized carbons (Fsp3) is 0.462. The summed E-state index contributed by atoms with van der Waals surface area (Å²) < 4.78 is 5.46. The number of rotatable bonds is 3. The Balaban J connectivity index is 2.24. The molecule has 1 aromatic carbocycles. The highest BCUT2D eigenvalue weighted by Crippen LogP contribution is 2.30. The number of amides is 1. The summed E-state index contributed by atoms with van der Waals surface area (Å²) in [6.45, 7) is 4.68. The summed E-state index contributed by atoms with van der Waals surface area (Å²) in [6, 6.07) is 6.04. The topological polar surface area (TPSA) is 38.3 Å². The van der Waals surface area contributed by atoms with Gasteiger partial charge in [-0.05, 0) is 37.1 Å². The van der Waals surface area contributed by atoms with Crippen LogP contribution in [0.15, 0.2) is 18.2 Å². The molecule has 1 amide bonds. The highest BCUT2D eigenvalue weighted by molar-refractivity contribution is 6.27. The molecule has 0 unspecified atom stereocenters. The number of carbonyl (C=O) groups is 1. The lowest BCUT2D eigenvalue weighted by atomic mass is 9.92. The van der Waals surface area contributed by atoms with Gasteiger partial charge in [0.25, 0.3) is 0 Å². The number of benzene rings is 1. The molecule has 0 spiro atoms. The van der Waals surface area contributed by atoms with Crippen LogP contribution in [0.2, 0.25) is 0 Å². The first-order chi connectivity index (χ1) is 8.03. The van der Waals surface area contributed by atoms with E-state index >= 15 is 0 Å². The Labute approximate surface area is 106 Å². The number of nitrogens with one attached hydrogen (secondary N) is 1. The third-order valence-corrected chi connectivity index (χ3v) is 3.23.